The highest BCUT2D eigenvalue weighted by Gasteiger charge is 2.27. The minimum atomic E-state index is -1.32. The highest BCUT2D eigenvalue weighted by molar-refractivity contribution is 6.03. The van der Waals surface area contributed by atoms with Crippen molar-refractivity contribution >= 4 is 40.5 Å². The van der Waals surface area contributed by atoms with E-state index in [0.29, 0.717) is 17.5 Å². The fraction of sp³-hybridized carbons (Fsp3) is 0.355. The highest BCUT2D eigenvalue weighted by atomic mass is 16.4. The molecule has 0 bridgehead atoms. The molecule has 13 heteroatoms. The van der Waals surface area contributed by atoms with Crippen molar-refractivity contribution in [1.82, 2.24) is 25.8 Å². The van der Waals surface area contributed by atoms with Gasteiger partial charge < -0.3 is 36.0 Å². The van der Waals surface area contributed by atoms with Crippen molar-refractivity contribution in [3.63, 3.8) is 0 Å². The first kappa shape index (κ1) is 33.3. The number of hydrogen-bond donors (Lipinski definition) is 6. The molecule has 13 nitrogen and oxygen atoms in total. The zero-order chi connectivity index (χ0) is 32.6. The van der Waals surface area contributed by atoms with Crippen LogP contribution in [-0.4, -0.2) is 63.0 Å². The number of carbonyl (C=O) groups excluding carboxylic acids is 4. The van der Waals surface area contributed by atoms with Crippen molar-refractivity contribution in [3.8, 4) is 5.75 Å². The van der Waals surface area contributed by atoms with E-state index in [1.165, 1.54) is 20.0 Å². The summed E-state index contributed by atoms with van der Waals surface area (Å²) >= 11 is 0. The topological polar surface area (TPSA) is 196 Å². The van der Waals surface area contributed by atoms with Crippen molar-refractivity contribution in [1.29, 1.82) is 0 Å². The van der Waals surface area contributed by atoms with Crippen molar-refractivity contribution < 1.29 is 34.2 Å². The van der Waals surface area contributed by atoms with Crippen molar-refractivity contribution in [2.75, 3.05) is 6.54 Å². The molecular formula is C31H37N5O8. The molecule has 234 valence electrons. The largest absolute Gasteiger partial charge is 0.506 e. The third kappa shape index (κ3) is 8.66. The van der Waals surface area contributed by atoms with Crippen molar-refractivity contribution in [2.45, 2.75) is 52.2 Å². The number of amides is 4. The molecule has 44 heavy (non-hydrogen) atoms. The van der Waals surface area contributed by atoms with Gasteiger partial charge in [0.15, 0.2) is 0 Å². The highest BCUT2D eigenvalue weighted by Crippen LogP contribution is 2.27. The molecule has 0 saturated carbocycles. The fourth-order valence-corrected chi connectivity index (χ4v) is 4.73. The number of benzene rings is 2. The molecule has 0 unspecified atom stereocenters. The molecule has 0 saturated heterocycles. The maximum absolute atomic E-state index is 13.3. The van der Waals surface area contributed by atoms with Gasteiger partial charge in [-0.05, 0) is 35.6 Å². The van der Waals surface area contributed by atoms with E-state index in [-0.39, 0.29) is 30.2 Å². The first-order chi connectivity index (χ1) is 20.8. The summed E-state index contributed by atoms with van der Waals surface area (Å²) < 4.78 is 1.15. The Morgan fingerprint density at radius 1 is 0.886 bits per heavy atom. The molecule has 0 radical (unpaired) electrons. The first-order valence-electron chi connectivity index (χ1n) is 14.0. The number of nitrogens with zero attached hydrogens (tertiary/aromatic N) is 1. The van der Waals surface area contributed by atoms with E-state index in [1.807, 2.05) is 44.2 Å². The van der Waals surface area contributed by atoms with Gasteiger partial charge in [-0.15, -0.1) is 0 Å². The van der Waals surface area contributed by atoms with Crippen LogP contribution in [0.3, 0.4) is 0 Å². The second-order valence-electron chi connectivity index (χ2n) is 10.9. The van der Waals surface area contributed by atoms with Crippen LogP contribution < -0.4 is 26.8 Å². The zero-order valence-corrected chi connectivity index (χ0v) is 25.0. The van der Waals surface area contributed by atoms with Gasteiger partial charge in [0, 0.05) is 32.3 Å². The normalized spacial score (nSPS) is 12.3. The van der Waals surface area contributed by atoms with Gasteiger partial charge in [0.2, 0.25) is 17.7 Å². The summed E-state index contributed by atoms with van der Waals surface area (Å²) in [4.78, 5) is 74.4. The van der Waals surface area contributed by atoms with Gasteiger partial charge in [0.25, 0.3) is 11.5 Å². The monoisotopic (exact) mass is 607 g/mol. The molecule has 2 atom stereocenters. The molecule has 3 aromatic rings. The predicted molar refractivity (Wildman–Crippen MR) is 162 cm³/mol. The lowest BCUT2D eigenvalue weighted by Crippen LogP contribution is -2.54. The lowest BCUT2D eigenvalue weighted by Gasteiger charge is -2.24. The maximum Gasteiger partial charge on any atom is 0.322 e. The van der Waals surface area contributed by atoms with E-state index < -0.39 is 59.2 Å². The summed E-state index contributed by atoms with van der Waals surface area (Å²) in [5, 5.41) is 30.1. The molecule has 3 rings (SSSR count). The summed E-state index contributed by atoms with van der Waals surface area (Å²) in [5.74, 6) is -4.28. The van der Waals surface area contributed by atoms with E-state index in [0.717, 1.165) is 10.1 Å². The zero-order valence-electron chi connectivity index (χ0n) is 25.0. The summed E-state index contributed by atoms with van der Waals surface area (Å²) in [7, 11) is 1.41. The molecule has 4 amide bonds. The third-order valence-corrected chi connectivity index (χ3v) is 6.84. The number of aromatic hydroxyl groups is 1. The predicted octanol–water partition coefficient (Wildman–Crippen LogP) is 0.953. The maximum atomic E-state index is 13.3. The average molecular weight is 608 g/mol. The molecule has 0 aliphatic rings. The Balaban J connectivity index is 1.80. The SMILES string of the molecule is CC(=O)N[C@H](Cc1ccccc1)C(=O)N[C@@H](CC(C)C)C(=O)NCc1ccc2c(c1)c(O)c(C(=O)NCC(=O)O)c(=O)n2C. The Hall–Kier alpha value is -5.20. The van der Waals surface area contributed by atoms with E-state index in [2.05, 4.69) is 21.3 Å². The van der Waals surface area contributed by atoms with Gasteiger partial charge in [-0.3, -0.25) is 28.8 Å². The Morgan fingerprint density at radius 3 is 2.18 bits per heavy atom. The minimum absolute atomic E-state index is 0.0127. The van der Waals surface area contributed by atoms with Crippen LogP contribution in [0.15, 0.2) is 53.3 Å². The standard InChI is InChI=1S/C31H37N5O8/c1-17(2)12-22(35-29(42)23(34-18(3)37)14-19-8-6-5-7-9-19)28(41)32-15-20-10-11-24-21(13-20)27(40)26(31(44)36(24)4)30(43)33-16-25(38)39/h5-11,13,17,22-23,40H,12,14-16H2,1-4H3,(H,32,41)(H,33,43)(H,34,37)(H,35,42)(H,38,39)/t22-,23+/m0/s1. The number of pyridine rings is 1. The molecule has 0 spiro atoms. The average Bonchev–Trinajstić information content (AvgIpc) is 2.97. The molecule has 0 fully saturated rings. The number of carbonyl (C=O) groups is 5. The van der Waals surface area contributed by atoms with E-state index >= 15 is 0 Å². The van der Waals surface area contributed by atoms with Gasteiger partial charge in [0.1, 0.15) is 29.9 Å². The van der Waals surface area contributed by atoms with Crippen molar-refractivity contribution in [2.24, 2.45) is 13.0 Å². The van der Waals surface area contributed by atoms with Gasteiger partial charge in [-0.25, -0.2) is 0 Å². The van der Waals surface area contributed by atoms with Crippen LogP contribution in [0.2, 0.25) is 0 Å². The van der Waals surface area contributed by atoms with Crippen LogP contribution in [0.4, 0.5) is 0 Å². The number of carboxylic acid groups (broad SMARTS) is 1. The first-order valence-corrected chi connectivity index (χ1v) is 14.0. The van der Waals surface area contributed by atoms with Crippen LogP contribution in [0.25, 0.3) is 10.9 Å². The quantitative estimate of drug-likeness (QED) is 0.165. The Labute approximate surface area is 253 Å². The van der Waals surface area contributed by atoms with Gasteiger partial charge in [-0.1, -0.05) is 50.2 Å². The van der Waals surface area contributed by atoms with Crippen LogP contribution in [0, 0.1) is 5.92 Å². The number of nitrogens with one attached hydrogen (secondary N) is 4. The second kappa shape index (κ2) is 14.8. The molecule has 2 aromatic carbocycles. The van der Waals surface area contributed by atoms with Gasteiger partial charge >= 0.3 is 5.97 Å². The third-order valence-electron chi connectivity index (χ3n) is 6.84. The molecule has 1 heterocycles. The van der Waals surface area contributed by atoms with E-state index in [1.54, 1.807) is 12.1 Å². The Bertz CT molecular complexity index is 1620. The lowest BCUT2D eigenvalue weighted by atomic mass is 10.0. The molecule has 1 aromatic heterocycles. The summed E-state index contributed by atoms with van der Waals surface area (Å²) in [6, 6.07) is 12.1. The number of carboxylic acids is 1. The summed E-state index contributed by atoms with van der Waals surface area (Å²) in [5.41, 5.74) is 0.254. The lowest BCUT2D eigenvalue weighted by molar-refractivity contribution is -0.135. The van der Waals surface area contributed by atoms with E-state index in [4.69, 9.17) is 5.11 Å². The molecular weight excluding hydrogens is 570 g/mol. The number of aliphatic carboxylic acids is 1. The summed E-state index contributed by atoms with van der Waals surface area (Å²) in [6.07, 6.45) is 0.562. The number of fused-ring (bicyclic) bond motifs is 1. The smallest absolute Gasteiger partial charge is 0.322 e. The van der Waals surface area contributed by atoms with Crippen LogP contribution >= 0.6 is 0 Å². The van der Waals surface area contributed by atoms with Crippen LogP contribution in [0.1, 0.15) is 48.7 Å². The molecule has 0 aliphatic carbocycles. The van der Waals surface area contributed by atoms with Crippen LogP contribution in [-0.2, 0) is 39.2 Å². The Kier molecular flexibility index (Phi) is 11.2. The van der Waals surface area contributed by atoms with Gasteiger partial charge in [-0.2, -0.15) is 0 Å². The Morgan fingerprint density at radius 2 is 1.57 bits per heavy atom. The molecule has 0 aliphatic heterocycles. The number of aromatic nitrogens is 1. The number of aryl methyl sites for hydroxylation is 1. The number of hydrogen-bond acceptors (Lipinski definition) is 7. The van der Waals surface area contributed by atoms with Gasteiger partial charge in [0.05, 0.1) is 5.52 Å². The van der Waals surface area contributed by atoms with Crippen LogP contribution in [0.5, 0.6) is 5.75 Å². The number of rotatable bonds is 13. The van der Waals surface area contributed by atoms with Crippen molar-refractivity contribution in [3.05, 3.63) is 75.6 Å². The fourth-order valence-electron chi connectivity index (χ4n) is 4.73. The molecule has 6 N–H and O–H groups in total. The van der Waals surface area contributed by atoms with E-state index in [9.17, 15) is 33.9 Å². The summed E-state index contributed by atoms with van der Waals surface area (Å²) in [6.45, 7) is 4.37. The second-order valence-corrected chi connectivity index (χ2v) is 10.9. The minimum Gasteiger partial charge on any atom is -0.506 e.